The third-order valence-electron chi connectivity index (χ3n) is 4.03. The molecule has 1 aliphatic carbocycles. The van der Waals surface area contributed by atoms with Crippen molar-refractivity contribution < 1.29 is 0 Å². The molecule has 3 heteroatoms. The van der Waals surface area contributed by atoms with Gasteiger partial charge in [-0.25, -0.2) is 0 Å². The van der Waals surface area contributed by atoms with Gasteiger partial charge in [-0.2, -0.15) is 0 Å². The Hall–Kier alpha value is -0.380. The van der Waals surface area contributed by atoms with Crippen molar-refractivity contribution in [1.29, 1.82) is 0 Å². The van der Waals surface area contributed by atoms with E-state index in [2.05, 4.69) is 48.5 Å². The van der Waals surface area contributed by atoms with Crippen LogP contribution in [0.2, 0.25) is 0 Å². The van der Waals surface area contributed by atoms with E-state index in [1.165, 1.54) is 56.5 Å². The maximum atomic E-state index is 3.57. The van der Waals surface area contributed by atoms with Crippen LogP contribution in [-0.2, 0) is 6.54 Å². The molecule has 1 saturated carbocycles. The van der Waals surface area contributed by atoms with Crippen LogP contribution >= 0.6 is 11.3 Å². The molecule has 1 heterocycles. The summed E-state index contributed by atoms with van der Waals surface area (Å²) in [5.74, 6) is 0. The van der Waals surface area contributed by atoms with Gasteiger partial charge >= 0.3 is 0 Å². The predicted molar refractivity (Wildman–Crippen MR) is 94.0 cm³/mol. The van der Waals surface area contributed by atoms with E-state index >= 15 is 0 Å². The molecule has 120 valence electrons. The second-order valence-electron chi connectivity index (χ2n) is 7.37. The van der Waals surface area contributed by atoms with E-state index in [-0.39, 0.29) is 5.54 Å². The Balaban J connectivity index is 1.54. The van der Waals surface area contributed by atoms with E-state index in [0.29, 0.717) is 0 Å². The van der Waals surface area contributed by atoms with Crippen molar-refractivity contribution in [2.45, 2.75) is 77.4 Å². The summed E-state index contributed by atoms with van der Waals surface area (Å²) in [4.78, 5) is 4.23. The summed E-state index contributed by atoms with van der Waals surface area (Å²) in [7, 11) is 0. The highest BCUT2D eigenvalue weighted by molar-refractivity contribution is 7.09. The number of thiophene rings is 1. The van der Waals surface area contributed by atoms with Crippen LogP contribution in [-0.4, -0.2) is 29.6 Å². The van der Waals surface area contributed by atoms with Gasteiger partial charge in [0.25, 0.3) is 0 Å². The molecule has 2 rings (SSSR count). The molecule has 21 heavy (non-hydrogen) atoms. The maximum Gasteiger partial charge on any atom is 0.0330 e. The minimum atomic E-state index is 0.267. The fraction of sp³-hybridized carbons (Fsp3) is 0.778. The molecule has 0 aromatic carbocycles. The molecule has 1 aromatic heterocycles. The molecule has 0 unspecified atom stereocenters. The average Bonchev–Trinajstić information content (AvgIpc) is 3.13. The van der Waals surface area contributed by atoms with Crippen LogP contribution in [0.1, 0.15) is 64.2 Å². The van der Waals surface area contributed by atoms with Crippen LogP contribution in [0, 0.1) is 0 Å². The van der Waals surface area contributed by atoms with Gasteiger partial charge in [-0.1, -0.05) is 18.9 Å². The Labute approximate surface area is 134 Å². The maximum absolute atomic E-state index is 3.57. The molecular formula is C18H32N2S. The van der Waals surface area contributed by atoms with Crippen molar-refractivity contribution in [3.63, 3.8) is 0 Å². The van der Waals surface area contributed by atoms with Crippen molar-refractivity contribution in [3.05, 3.63) is 22.4 Å². The second kappa shape index (κ2) is 8.30. The van der Waals surface area contributed by atoms with E-state index < -0.39 is 0 Å². The first-order valence-corrected chi connectivity index (χ1v) is 9.44. The third-order valence-corrected chi connectivity index (χ3v) is 4.89. The molecule has 2 nitrogen and oxygen atoms in total. The molecule has 1 aliphatic rings. The van der Waals surface area contributed by atoms with E-state index in [9.17, 15) is 0 Å². The van der Waals surface area contributed by atoms with Crippen LogP contribution in [0.25, 0.3) is 0 Å². The fourth-order valence-corrected chi connectivity index (χ4v) is 3.42. The van der Waals surface area contributed by atoms with Crippen molar-refractivity contribution in [2.75, 3.05) is 13.1 Å². The number of nitrogens with zero attached hydrogens (tertiary/aromatic N) is 1. The molecule has 1 fully saturated rings. The summed E-state index contributed by atoms with van der Waals surface area (Å²) < 4.78 is 0. The van der Waals surface area contributed by atoms with Gasteiger partial charge in [-0.05, 0) is 71.0 Å². The lowest BCUT2D eigenvalue weighted by molar-refractivity contribution is 0.250. The standard InChI is InChI=1S/C18H32N2S/c1-18(2,3)19-12-6-4-5-7-13-20(16-10-11-16)15-17-9-8-14-21-17/h8-9,14,16,19H,4-7,10-13,15H2,1-3H3. The fourth-order valence-electron chi connectivity index (χ4n) is 2.69. The van der Waals surface area contributed by atoms with Crippen LogP contribution in [0.5, 0.6) is 0 Å². The molecule has 0 spiro atoms. The van der Waals surface area contributed by atoms with E-state index in [1.54, 1.807) is 0 Å². The Morgan fingerprint density at radius 2 is 1.95 bits per heavy atom. The zero-order valence-corrected chi connectivity index (χ0v) is 14.8. The van der Waals surface area contributed by atoms with Crippen LogP contribution in [0.3, 0.4) is 0 Å². The van der Waals surface area contributed by atoms with Crippen LogP contribution < -0.4 is 5.32 Å². The molecule has 0 radical (unpaired) electrons. The molecule has 0 atom stereocenters. The number of unbranched alkanes of at least 4 members (excludes halogenated alkanes) is 3. The van der Waals surface area contributed by atoms with Gasteiger partial charge in [-0.15, -0.1) is 11.3 Å². The SMILES string of the molecule is CC(C)(C)NCCCCCCN(Cc1cccs1)C1CC1. The minimum Gasteiger partial charge on any atom is -0.312 e. The minimum absolute atomic E-state index is 0.267. The molecule has 0 bridgehead atoms. The zero-order chi connectivity index (χ0) is 15.1. The highest BCUT2D eigenvalue weighted by atomic mass is 32.1. The first-order chi connectivity index (χ1) is 10.0. The van der Waals surface area contributed by atoms with Gasteiger partial charge in [0.15, 0.2) is 0 Å². The van der Waals surface area contributed by atoms with E-state index in [1.807, 2.05) is 11.3 Å². The Morgan fingerprint density at radius 1 is 1.19 bits per heavy atom. The Kier molecular flexibility index (Phi) is 6.72. The first-order valence-electron chi connectivity index (χ1n) is 8.56. The van der Waals surface area contributed by atoms with Gasteiger partial charge in [0.2, 0.25) is 0 Å². The largest absolute Gasteiger partial charge is 0.312 e. The molecule has 0 saturated heterocycles. The number of nitrogens with one attached hydrogen (secondary N) is 1. The molecule has 0 amide bonds. The summed E-state index contributed by atoms with van der Waals surface area (Å²) in [5.41, 5.74) is 0.267. The quantitative estimate of drug-likeness (QED) is 0.632. The van der Waals surface area contributed by atoms with Crippen LogP contribution in [0.4, 0.5) is 0 Å². The third kappa shape index (κ3) is 7.44. The lowest BCUT2D eigenvalue weighted by Gasteiger charge is -2.22. The molecule has 0 aliphatic heterocycles. The number of hydrogen-bond donors (Lipinski definition) is 1. The summed E-state index contributed by atoms with van der Waals surface area (Å²) >= 11 is 1.90. The van der Waals surface area contributed by atoms with Gasteiger partial charge in [0.05, 0.1) is 0 Å². The Bertz CT molecular complexity index is 376. The zero-order valence-electron chi connectivity index (χ0n) is 14.0. The van der Waals surface area contributed by atoms with Gasteiger partial charge in [0, 0.05) is 23.0 Å². The van der Waals surface area contributed by atoms with Crippen molar-refractivity contribution >= 4 is 11.3 Å². The van der Waals surface area contributed by atoms with E-state index in [4.69, 9.17) is 0 Å². The van der Waals surface area contributed by atoms with E-state index in [0.717, 1.165) is 12.6 Å². The second-order valence-corrected chi connectivity index (χ2v) is 8.40. The molecule has 1 aromatic rings. The first kappa shape index (κ1) is 17.0. The number of hydrogen-bond acceptors (Lipinski definition) is 3. The summed E-state index contributed by atoms with van der Waals surface area (Å²) in [5, 5.41) is 5.77. The molecule has 1 N–H and O–H groups in total. The highest BCUT2D eigenvalue weighted by Gasteiger charge is 2.28. The Morgan fingerprint density at radius 3 is 2.57 bits per heavy atom. The molecular weight excluding hydrogens is 276 g/mol. The van der Waals surface area contributed by atoms with Gasteiger partial charge < -0.3 is 5.32 Å². The summed E-state index contributed by atoms with van der Waals surface area (Å²) in [6.07, 6.45) is 8.24. The smallest absolute Gasteiger partial charge is 0.0330 e. The van der Waals surface area contributed by atoms with Crippen LogP contribution in [0.15, 0.2) is 17.5 Å². The van der Waals surface area contributed by atoms with Crippen molar-refractivity contribution in [1.82, 2.24) is 10.2 Å². The lowest BCUT2D eigenvalue weighted by atomic mass is 10.1. The average molecular weight is 309 g/mol. The van der Waals surface area contributed by atoms with Gasteiger partial charge in [0.1, 0.15) is 0 Å². The summed E-state index contributed by atoms with van der Waals surface area (Å²) in [6.45, 7) is 10.3. The monoisotopic (exact) mass is 308 g/mol. The van der Waals surface area contributed by atoms with Crippen molar-refractivity contribution in [2.24, 2.45) is 0 Å². The van der Waals surface area contributed by atoms with Crippen molar-refractivity contribution in [3.8, 4) is 0 Å². The topological polar surface area (TPSA) is 15.3 Å². The van der Waals surface area contributed by atoms with Gasteiger partial charge in [-0.3, -0.25) is 4.90 Å². The lowest BCUT2D eigenvalue weighted by Crippen LogP contribution is -2.36. The summed E-state index contributed by atoms with van der Waals surface area (Å²) in [6, 6.07) is 5.33. The predicted octanol–water partition coefficient (Wildman–Crippen LogP) is 4.66. The normalized spacial score (nSPS) is 15.8. The number of rotatable bonds is 10. The highest BCUT2D eigenvalue weighted by Crippen LogP contribution is 2.29.